The fourth-order valence-corrected chi connectivity index (χ4v) is 4.64. The van der Waals surface area contributed by atoms with Crippen LogP contribution in [-0.2, 0) is 10.5 Å². The molecule has 3 amide bonds. The van der Waals surface area contributed by atoms with Crippen LogP contribution in [0.4, 0.5) is 16.2 Å². The molecule has 0 aliphatic carbocycles. The van der Waals surface area contributed by atoms with Crippen LogP contribution in [0.3, 0.4) is 0 Å². The van der Waals surface area contributed by atoms with Crippen LogP contribution in [0.1, 0.15) is 42.9 Å². The zero-order valence-electron chi connectivity index (χ0n) is 19.7. The van der Waals surface area contributed by atoms with Crippen molar-refractivity contribution in [3.8, 4) is 0 Å². The minimum atomic E-state index is -2.15. The number of para-hydroxylation sites is 1. The summed E-state index contributed by atoms with van der Waals surface area (Å²) in [4.78, 5) is 30.1. The highest BCUT2D eigenvalue weighted by atomic mass is 16.3. The maximum atomic E-state index is 13.5. The van der Waals surface area contributed by atoms with Crippen molar-refractivity contribution in [1.29, 1.82) is 0 Å². The first kappa shape index (κ1) is 23.3. The number of amides is 3. The molecule has 2 aromatic carbocycles. The van der Waals surface area contributed by atoms with Gasteiger partial charge < -0.3 is 20.6 Å². The van der Waals surface area contributed by atoms with Crippen molar-refractivity contribution >= 4 is 23.3 Å². The van der Waals surface area contributed by atoms with E-state index >= 15 is 0 Å². The van der Waals surface area contributed by atoms with Gasteiger partial charge in [0.05, 0.1) is 5.69 Å². The molecule has 3 N–H and O–H groups in total. The van der Waals surface area contributed by atoms with Crippen LogP contribution in [0.25, 0.3) is 0 Å². The minimum Gasteiger partial charge on any atom is -0.359 e. The Hall–Kier alpha value is -2.90. The molecule has 2 aliphatic heterocycles. The van der Waals surface area contributed by atoms with Gasteiger partial charge in [0.25, 0.3) is 11.6 Å². The fourth-order valence-electron chi connectivity index (χ4n) is 4.64. The average molecular weight is 451 g/mol. The Labute approximate surface area is 195 Å². The number of hydrogen-bond acceptors (Lipinski definition) is 4. The summed E-state index contributed by atoms with van der Waals surface area (Å²) in [6.45, 7) is 9.72. The zero-order chi connectivity index (χ0) is 23.6. The molecular weight excluding hydrogens is 416 g/mol. The first-order valence-electron chi connectivity index (χ1n) is 11.8. The number of urea groups is 1. The van der Waals surface area contributed by atoms with E-state index < -0.39 is 17.7 Å². The molecule has 0 spiro atoms. The van der Waals surface area contributed by atoms with Crippen molar-refractivity contribution < 1.29 is 14.7 Å². The van der Waals surface area contributed by atoms with Gasteiger partial charge in [-0.2, -0.15) is 0 Å². The van der Waals surface area contributed by atoms with Crippen LogP contribution in [0.5, 0.6) is 0 Å². The van der Waals surface area contributed by atoms with E-state index in [1.165, 1.54) is 12.8 Å². The van der Waals surface area contributed by atoms with E-state index in [1.54, 1.807) is 30.3 Å². The number of aliphatic hydroxyl groups is 1. The number of carbonyl (C=O) groups is 2. The molecule has 2 aromatic rings. The third-order valence-corrected chi connectivity index (χ3v) is 6.95. The lowest BCUT2D eigenvalue weighted by Gasteiger charge is -2.42. The molecule has 1 atom stereocenters. The number of hydrogen-bond donors (Lipinski definition) is 3. The van der Waals surface area contributed by atoms with Crippen molar-refractivity contribution in [2.75, 3.05) is 36.4 Å². The number of rotatable bonds is 6. The van der Waals surface area contributed by atoms with E-state index in [0.29, 0.717) is 23.5 Å². The number of benzene rings is 2. The van der Waals surface area contributed by atoms with Gasteiger partial charge in [-0.05, 0) is 88.0 Å². The van der Waals surface area contributed by atoms with Crippen LogP contribution < -0.4 is 15.5 Å². The molecule has 2 heterocycles. The Balaban J connectivity index is 1.55. The number of likely N-dealkylation sites (tertiary alicyclic amines) is 1. The Kier molecular flexibility index (Phi) is 6.72. The highest BCUT2D eigenvalue weighted by molar-refractivity contribution is 6.11. The normalized spacial score (nSPS) is 21.5. The van der Waals surface area contributed by atoms with Gasteiger partial charge in [0.2, 0.25) is 0 Å². The highest BCUT2D eigenvalue weighted by Gasteiger charge is 2.51. The number of anilines is 2. The smallest absolute Gasteiger partial charge is 0.329 e. The van der Waals surface area contributed by atoms with Crippen LogP contribution in [-0.4, -0.2) is 48.1 Å². The second-order valence-electron chi connectivity index (χ2n) is 9.39. The number of nitrogens with zero attached hydrogens (tertiary/aromatic N) is 2. The molecule has 0 radical (unpaired) electrons. The number of nitrogens with one attached hydrogen (secondary N) is 2. The first-order valence-corrected chi connectivity index (χ1v) is 11.8. The maximum Gasteiger partial charge on any atom is 0.329 e. The van der Waals surface area contributed by atoms with Crippen LogP contribution in [0.2, 0.25) is 0 Å². The lowest BCUT2D eigenvalue weighted by atomic mass is 9.94. The summed E-state index contributed by atoms with van der Waals surface area (Å²) in [6.07, 6.45) is 3.21. The molecule has 1 saturated heterocycles. The van der Waals surface area contributed by atoms with Crippen molar-refractivity contribution in [2.45, 2.75) is 45.8 Å². The lowest BCUT2D eigenvalue weighted by Crippen LogP contribution is -2.62. The molecule has 4 rings (SSSR count). The van der Waals surface area contributed by atoms with Crippen molar-refractivity contribution in [1.82, 2.24) is 10.2 Å². The van der Waals surface area contributed by atoms with Gasteiger partial charge in [0, 0.05) is 17.8 Å². The van der Waals surface area contributed by atoms with Crippen LogP contribution in [0.15, 0.2) is 42.5 Å². The van der Waals surface area contributed by atoms with E-state index in [2.05, 4.69) is 22.5 Å². The van der Waals surface area contributed by atoms with E-state index in [4.69, 9.17) is 0 Å². The quantitative estimate of drug-likeness (QED) is 0.586. The summed E-state index contributed by atoms with van der Waals surface area (Å²) in [5.41, 5.74) is 1.13. The maximum absolute atomic E-state index is 13.5. The van der Waals surface area contributed by atoms with Gasteiger partial charge in [0.1, 0.15) is 0 Å². The molecule has 0 aromatic heterocycles. The highest BCUT2D eigenvalue weighted by Crippen LogP contribution is 2.40. The molecule has 0 saturated carbocycles. The summed E-state index contributed by atoms with van der Waals surface area (Å²) in [6, 6.07) is 11.8. The van der Waals surface area contributed by atoms with Gasteiger partial charge in [-0.3, -0.25) is 9.69 Å². The predicted octanol–water partition coefficient (Wildman–Crippen LogP) is 3.74. The zero-order valence-corrected chi connectivity index (χ0v) is 19.7. The number of carbonyl (C=O) groups excluding carboxylic acids is 2. The largest absolute Gasteiger partial charge is 0.359 e. The predicted molar refractivity (Wildman–Crippen MR) is 130 cm³/mol. The molecule has 7 nitrogen and oxygen atoms in total. The van der Waals surface area contributed by atoms with E-state index in [-0.39, 0.29) is 0 Å². The van der Waals surface area contributed by atoms with Crippen molar-refractivity contribution in [3.05, 3.63) is 59.2 Å². The van der Waals surface area contributed by atoms with Crippen molar-refractivity contribution in [3.63, 3.8) is 0 Å². The van der Waals surface area contributed by atoms with Gasteiger partial charge >= 0.3 is 6.03 Å². The molecule has 0 unspecified atom stereocenters. The monoisotopic (exact) mass is 450 g/mol. The number of aryl methyl sites for hydroxylation is 2. The third kappa shape index (κ3) is 4.61. The van der Waals surface area contributed by atoms with Gasteiger partial charge in [0.15, 0.2) is 0 Å². The standard InChI is InChI=1S/C26H34N4O3/c1-18-11-15-29(16-12-18)14-6-13-27-24(31)26(33)22-7-4-5-8-23(22)28-25(32)30(26)21-10-9-19(2)20(3)17-21/h4-5,7-10,17-18,33H,6,11-16H2,1-3H3,(H,27,31)(H,28,32)/t26-/m0/s1. The Morgan fingerprint density at radius 3 is 2.61 bits per heavy atom. The molecule has 33 heavy (non-hydrogen) atoms. The number of piperidine rings is 1. The SMILES string of the molecule is Cc1ccc(N2C(=O)Nc3ccccc3[C@]2(O)C(=O)NCCCN2CCC(C)CC2)cc1C. The molecule has 7 heteroatoms. The summed E-state index contributed by atoms with van der Waals surface area (Å²) < 4.78 is 0. The molecule has 176 valence electrons. The number of fused-ring (bicyclic) bond motifs is 1. The van der Waals surface area contributed by atoms with Crippen LogP contribution in [0, 0.1) is 19.8 Å². The summed E-state index contributed by atoms with van der Waals surface area (Å²) >= 11 is 0. The fraction of sp³-hybridized carbons (Fsp3) is 0.462. The van der Waals surface area contributed by atoms with E-state index in [0.717, 1.165) is 48.0 Å². The lowest BCUT2D eigenvalue weighted by molar-refractivity contribution is -0.140. The van der Waals surface area contributed by atoms with Gasteiger partial charge in [-0.15, -0.1) is 0 Å². The average Bonchev–Trinajstić information content (AvgIpc) is 2.80. The van der Waals surface area contributed by atoms with Gasteiger partial charge in [-0.25, -0.2) is 4.79 Å². The Morgan fingerprint density at radius 1 is 1.15 bits per heavy atom. The first-order chi connectivity index (χ1) is 15.8. The Bertz CT molecular complexity index is 1030. The van der Waals surface area contributed by atoms with Crippen LogP contribution >= 0.6 is 0 Å². The molecule has 1 fully saturated rings. The summed E-state index contributed by atoms with van der Waals surface area (Å²) in [7, 11) is 0. The third-order valence-electron chi connectivity index (χ3n) is 6.95. The molecule has 0 bridgehead atoms. The van der Waals surface area contributed by atoms with E-state index in [1.807, 2.05) is 26.0 Å². The minimum absolute atomic E-state index is 0.352. The summed E-state index contributed by atoms with van der Waals surface area (Å²) in [5, 5.41) is 17.6. The second-order valence-corrected chi connectivity index (χ2v) is 9.39. The Morgan fingerprint density at radius 2 is 1.88 bits per heavy atom. The summed E-state index contributed by atoms with van der Waals surface area (Å²) in [5.74, 6) is 0.180. The molecular formula is C26H34N4O3. The van der Waals surface area contributed by atoms with Gasteiger partial charge in [-0.1, -0.05) is 31.2 Å². The molecule has 2 aliphatic rings. The second kappa shape index (κ2) is 9.53. The topological polar surface area (TPSA) is 84.9 Å². The van der Waals surface area contributed by atoms with E-state index in [9.17, 15) is 14.7 Å². The van der Waals surface area contributed by atoms with Crippen molar-refractivity contribution in [2.24, 2.45) is 5.92 Å².